The molecule has 1 aromatic carbocycles. The van der Waals surface area contributed by atoms with Gasteiger partial charge in [0.1, 0.15) is 17.6 Å². The van der Waals surface area contributed by atoms with Crippen LogP contribution in [0.5, 0.6) is 0 Å². The number of hydrogen-bond acceptors (Lipinski definition) is 7. The van der Waals surface area contributed by atoms with E-state index in [4.69, 9.17) is 0 Å². The number of halogens is 1. The number of aromatic nitrogens is 3. The SMILES string of the molecule is CCC(=O)N[C@H](Cc1ccc(NC(=O)[C@@H](CC(=O)c2ccnn2CC)C2CCCCC2)c(F)c1)C(=O)N1CCN(Cc2ccccn2)CC1. The minimum Gasteiger partial charge on any atom is -0.344 e. The van der Waals surface area contributed by atoms with Crippen molar-refractivity contribution in [1.29, 1.82) is 0 Å². The fourth-order valence-corrected chi connectivity index (χ4v) is 6.95. The number of pyridine rings is 1. The number of amides is 3. The van der Waals surface area contributed by atoms with Crippen molar-refractivity contribution < 1.29 is 23.6 Å². The van der Waals surface area contributed by atoms with Crippen molar-refractivity contribution in [2.75, 3.05) is 31.5 Å². The van der Waals surface area contributed by atoms with E-state index in [1.54, 1.807) is 41.0 Å². The Morgan fingerprint density at radius 2 is 1.73 bits per heavy atom. The van der Waals surface area contributed by atoms with Crippen LogP contribution in [0.4, 0.5) is 10.1 Å². The number of rotatable bonds is 14. The van der Waals surface area contributed by atoms with Crippen molar-refractivity contribution in [1.82, 2.24) is 29.9 Å². The van der Waals surface area contributed by atoms with Crippen LogP contribution in [0.3, 0.4) is 0 Å². The minimum absolute atomic E-state index is 0.0186. The van der Waals surface area contributed by atoms with Crippen molar-refractivity contribution in [3.63, 3.8) is 0 Å². The molecular weight excluding hydrogens is 625 g/mol. The second kappa shape index (κ2) is 17.3. The summed E-state index contributed by atoms with van der Waals surface area (Å²) in [6.45, 7) is 7.24. The van der Waals surface area contributed by atoms with Crippen LogP contribution in [0.1, 0.15) is 80.5 Å². The van der Waals surface area contributed by atoms with Crippen LogP contribution in [0.25, 0.3) is 0 Å². The molecule has 2 atom stereocenters. The van der Waals surface area contributed by atoms with E-state index in [1.165, 1.54) is 12.1 Å². The van der Waals surface area contributed by atoms with Gasteiger partial charge in [0.2, 0.25) is 17.7 Å². The normalized spacial score (nSPS) is 16.9. The second-order valence-corrected chi connectivity index (χ2v) is 13.1. The molecule has 2 aromatic heterocycles. The van der Waals surface area contributed by atoms with E-state index in [-0.39, 0.29) is 54.4 Å². The highest BCUT2D eigenvalue weighted by molar-refractivity contribution is 6.00. The Bertz CT molecular complexity index is 1580. The summed E-state index contributed by atoms with van der Waals surface area (Å²) in [5, 5.41) is 9.79. The number of carbonyl (C=O) groups excluding carboxylic acids is 4. The summed E-state index contributed by atoms with van der Waals surface area (Å²) in [5.41, 5.74) is 1.98. The zero-order chi connectivity index (χ0) is 34.8. The molecule has 11 nitrogen and oxygen atoms in total. The van der Waals surface area contributed by atoms with Crippen LogP contribution >= 0.6 is 0 Å². The number of piperazine rings is 1. The first-order valence-corrected chi connectivity index (χ1v) is 17.6. The lowest BCUT2D eigenvalue weighted by Gasteiger charge is -2.36. The predicted octanol–water partition coefficient (Wildman–Crippen LogP) is 4.63. The largest absolute Gasteiger partial charge is 0.344 e. The van der Waals surface area contributed by atoms with Crippen molar-refractivity contribution in [2.24, 2.45) is 11.8 Å². The van der Waals surface area contributed by atoms with Gasteiger partial charge in [-0.2, -0.15) is 5.10 Å². The Hall–Kier alpha value is -4.45. The smallest absolute Gasteiger partial charge is 0.245 e. The van der Waals surface area contributed by atoms with Crippen molar-refractivity contribution in [3.8, 4) is 0 Å². The van der Waals surface area contributed by atoms with Crippen LogP contribution in [0.15, 0.2) is 54.9 Å². The maximum atomic E-state index is 15.6. The zero-order valence-electron chi connectivity index (χ0n) is 28.6. The Labute approximate surface area is 287 Å². The summed E-state index contributed by atoms with van der Waals surface area (Å²) in [6, 6.07) is 11.1. The van der Waals surface area contributed by atoms with Gasteiger partial charge >= 0.3 is 0 Å². The first-order chi connectivity index (χ1) is 23.7. The lowest BCUT2D eigenvalue weighted by molar-refractivity contribution is -0.138. The fraction of sp³-hybridized carbons (Fsp3) is 0.514. The molecule has 262 valence electrons. The molecule has 2 N–H and O–H groups in total. The highest BCUT2D eigenvalue weighted by Crippen LogP contribution is 2.34. The van der Waals surface area contributed by atoms with Gasteiger partial charge in [0.25, 0.3) is 0 Å². The number of Topliss-reactive ketones (excluding diaryl/α,β-unsaturated/α-hetero) is 1. The minimum atomic E-state index is -0.854. The molecule has 0 bridgehead atoms. The van der Waals surface area contributed by atoms with Gasteiger partial charge in [-0.25, -0.2) is 4.39 Å². The second-order valence-electron chi connectivity index (χ2n) is 13.1. The number of hydrogen-bond donors (Lipinski definition) is 2. The average Bonchev–Trinajstić information content (AvgIpc) is 3.61. The highest BCUT2D eigenvalue weighted by Gasteiger charge is 2.33. The van der Waals surface area contributed by atoms with Gasteiger partial charge in [0.15, 0.2) is 5.78 Å². The molecule has 1 aliphatic heterocycles. The summed E-state index contributed by atoms with van der Waals surface area (Å²) in [5.74, 6) is -2.20. The highest BCUT2D eigenvalue weighted by atomic mass is 19.1. The molecule has 1 aliphatic carbocycles. The predicted molar refractivity (Wildman–Crippen MR) is 184 cm³/mol. The Morgan fingerprint density at radius 1 is 0.959 bits per heavy atom. The summed E-state index contributed by atoms with van der Waals surface area (Å²) >= 11 is 0. The number of carbonyl (C=O) groups is 4. The first kappa shape index (κ1) is 35.8. The van der Waals surface area contributed by atoms with Crippen molar-refractivity contribution in [2.45, 2.75) is 84.3 Å². The zero-order valence-corrected chi connectivity index (χ0v) is 28.6. The summed E-state index contributed by atoms with van der Waals surface area (Å²) < 4.78 is 17.2. The summed E-state index contributed by atoms with van der Waals surface area (Å²) in [4.78, 5) is 61.4. The van der Waals surface area contributed by atoms with Crippen molar-refractivity contribution >= 4 is 29.2 Å². The standard InChI is InChI=1S/C37H48FN7O4/c1-3-35(47)41-32(37(49)44-20-18-43(19-21-44)25-28-12-8-9-16-39-28)23-26-13-14-31(30(38)22-26)42-36(48)29(27-10-6-5-7-11-27)24-34(46)33-15-17-40-45(33)4-2/h8-9,12-17,22,27,29,32H,3-7,10-11,18-21,23-25H2,1-2H3,(H,41,47)(H,42,48)/t29-,32+/m0/s1. The van der Waals surface area contributed by atoms with Gasteiger partial charge in [0.05, 0.1) is 11.4 Å². The van der Waals surface area contributed by atoms with Crippen LogP contribution < -0.4 is 10.6 Å². The molecule has 0 unspecified atom stereocenters. The van der Waals surface area contributed by atoms with E-state index in [1.807, 2.05) is 25.1 Å². The summed E-state index contributed by atoms with van der Waals surface area (Å²) in [6.07, 6.45) is 8.47. The third-order valence-electron chi connectivity index (χ3n) is 9.74. The van der Waals surface area contributed by atoms with E-state index in [0.717, 1.165) is 37.8 Å². The number of aryl methyl sites for hydroxylation is 1. The number of ketones is 1. The lowest BCUT2D eigenvalue weighted by atomic mass is 9.77. The van der Waals surface area contributed by atoms with E-state index in [2.05, 4.69) is 25.6 Å². The van der Waals surface area contributed by atoms with E-state index < -0.39 is 17.8 Å². The molecule has 0 radical (unpaired) electrons. The topological polar surface area (TPSA) is 130 Å². The van der Waals surface area contributed by atoms with Crippen molar-refractivity contribution in [3.05, 3.63) is 77.6 Å². The molecule has 2 aliphatic rings. The Kier molecular flexibility index (Phi) is 12.6. The first-order valence-electron chi connectivity index (χ1n) is 17.6. The average molecular weight is 674 g/mol. The van der Waals surface area contributed by atoms with Crippen LogP contribution in [0.2, 0.25) is 0 Å². The van der Waals surface area contributed by atoms with Gasteiger partial charge in [-0.15, -0.1) is 0 Å². The third-order valence-corrected chi connectivity index (χ3v) is 9.74. The van der Waals surface area contributed by atoms with Gasteiger partial charge in [0, 0.05) is 76.8 Å². The molecule has 3 aromatic rings. The van der Waals surface area contributed by atoms with Crippen LogP contribution in [0, 0.1) is 17.7 Å². The Balaban J connectivity index is 1.24. The van der Waals surface area contributed by atoms with E-state index in [9.17, 15) is 19.2 Å². The molecule has 2 fully saturated rings. The van der Waals surface area contributed by atoms with Gasteiger partial charge in [-0.1, -0.05) is 38.3 Å². The number of nitrogens with one attached hydrogen (secondary N) is 2. The van der Waals surface area contributed by atoms with E-state index in [0.29, 0.717) is 50.5 Å². The number of nitrogens with zero attached hydrogens (tertiary/aromatic N) is 5. The third kappa shape index (κ3) is 9.59. The molecule has 12 heteroatoms. The van der Waals surface area contributed by atoms with E-state index >= 15 is 4.39 Å². The maximum absolute atomic E-state index is 15.6. The van der Waals surface area contributed by atoms with Crippen LogP contribution in [-0.4, -0.2) is 80.3 Å². The molecule has 3 heterocycles. The van der Waals surface area contributed by atoms with Gasteiger partial charge in [-0.05, 0) is 61.6 Å². The number of benzene rings is 1. The number of anilines is 1. The van der Waals surface area contributed by atoms with Gasteiger partial charge < -0.3 is 15.5 Å². The molecule has 1 saturated heterocycles. The molecule has 5 rings (SSSR count). The monoisotopic (exact) mass is 673 g/mol. The molecule has 49 heavy (non-hydrogen) atoms. The quantitative estimate of drug-likeness (QED) is 0.239. The molecule has 1 saturated carbocycles. The lowest BCUT2D eigenvalue weighted by Crippen LogP contribution is -2.55. The molecular formula is C37H48FN7O4. The summed E-state index contributed by atoms with van der Waals surface area (Å²) in [7, 11) is 0. The maximum Gasteiger partial charge on any atom is 0.245 e. The fourth-order valence-electron chi connectivity index (χ4n) is 6.95. The Morgan fingerprint density at radius 3 is 2.41 bits per heavy atom. The van der Waals surface area contributed by atoms with Crippen LogP contribution in [-0.2, 0) is 33.9 Å². The molecule has 0 spiro atoms. The molecule has 3 amide bonds. The van der Waals surface area contributed by atoms with Gasteiger partial charge in [-0.3, -0.25) is 33.7 Å².